The van der Waals surface area contributed by atoms with Crippen LogP contribution in [-0.2, 0) is 19.0 Å². The first-order chi connectivity index (χ1) is 16.4. The molecule has 5 nitrogen and oxygen atoms in total. The van der Waals surface area contributed by atoms with Crippen molar-refractivity contribution in [2.75, 3.05) is 26.2 Å². The van der Waals surface area contributed by atoms with Crippen LogP contribution in [0.25, 0.3) is 0 Å². The van der Waals surface area contributed by atoms with Crippen LogP contribution in [0.5, 0.6) is 5.75 Å². The number of alkyl halides is 6. The van der Waals surface area contributed by atoms with Crippen LogP contribution in [0, 0.1) is 5.92 Å². The number of carbonyl (C=O) groups excluding carboxylic acids is 1. The van der Waals surface area contributed by atoms with E-state index in [1.807, 2.05) is 6.92 Å². The van der Waals surface area contributed by atoms with Gasteiger partial charge in [-0.15, -0.1) is 24.5 Å². The van der Waals surface area contributed by atoms with E-state index in [0.717, 1.165) is 43.0 Å². The Labute approximate surface area is 203 Å². The molecule has 1 amide bonds. The summed E-state index contributed by atoms with van der Waals surface area (Å²) in [6.07, 6.45) is -5.88. The fourth-order valence-corrected chi connectivity index (χ4v) is 4.63. The second-order valence-corrected chi connectivity index (χ2v) is 9.56. The average molecular weight is 524 g/mol. The molecule has 1 fully saturated rings. The maximum atomic E-state index is 13.5. The largest absolute Gasteiger partial charge is 0.573 e. The SMILES string of the molecule is CCCN(CCc1nc(C(F)(F)F)c(C(=O)NCCc2cccc(OC(F)(F)F)c2)s1)CC1CC1. The maximum Gasteiger partial charge on any atom is 0.573 e. The summed E-state index contributed by atoms with van der Waals surface area (Å²) in [5, 5.41) is 2.67. The van der Waals surface area contributed by atoms with Gasteiger partial charge in [0.05, 0.1) is 5.01 Å². The molecule has 0 unspecified atom stereocenters. The van der Waals surface area contributed by atoms with Gasteiger partial charge >= 0.3 is 12.5 Å². The topological polar surface area (TPSA) is 54.5 Å². The minimum absolute atomic E-state index is 0.0650. The first kappa shape index (κ1) is 27.3. The van der Waals surface area contributed by atoms with E-state index in [0.29, 0.717) is 24.4 Å². The molecule has 1 aliphatic carbocycles. The van der Waals surface area contributed by atoms with Gasteiger partial charge in [0.2, 0.25) is 0 Å². The standard InChI is InChI=1S/C23H27F6N3O2S/c1-2-11-32(14-16-6-7-16)12-9-18-31-20(22(24,25)26)19(35-18)21(33)30-10-8-15-4-3-5-17(13-15)34-23(27,28)29/h3-5,13,16H,2,6-12,14H2,1H3,(H,30,33). The Morgan fingerprint density at radius 3 is 2.54 bits per heavy atom. The molecular formula is C23H27F6N3O2S. The third-order valence-corrected chi connectivity index (χ3v) is 6.49. The molecule has 1 N–H and O–H groups in total. The highest BCUT2D eigenvalue weighted by Crippen LogP contribution is 2.35. The lowest BCUT2D eigenvalue weighted by Gasteiger charge is -2.20. The minimum atomic E-state index is -4.84. The second kappa shape index (κ2) is 11.6. The highest BCUT2D eigenvalue weighted by Gasteiger charge is 2.39. The van der Waals surface area contributed by atoms with Gasteiger partial charge in [0.1, 0.15) is 10.6 Å². The lowest BCUT2D eigenvalue weighted by molar-refractivity contribution is -0.274. The lowest BCUT2D eigenvalue weighted by atomic mass is 10.1. The molecule has 0 radical (unpaired) electrons. The Kier molecular flexibility index (Phi) is 9.03. The molecule has 35 heavy (non-hydrogen) atoms. The predicted octanol–water partition coefficient (Wildman–Crippen LogP) is 5.70. The first-order valence-electron chi connectivity index (χ1n) is 11.4. The summed E-state index contributed by atoms with van der Waals surface area (Å²) in [7, 11) is 0. The van der Waals surface area contributed by atoms with Gasteiger partial charge in [-0.3, -0.25) is 4.79 Å². The second-order valence-electron chi connectivity index (χ2n) is 8.48. The number of amides is 1. The average Bonchev–Trinajstić information content (AvgIpc) is 3.45. The van der Waals surface area contributed by atoms with Crippen LogP contribution in [0.2, 0.25) is 0 Å². The number of hydrogen-bond acceptors (Lipinski definition) is 5. The van der Waals surface area contributed by atoms with Crippen molar-refractivity contribution in [3.8, 4) is 5.75 Å². The van der Waals surface area contributed by atoms with E-state index in [2.05, 4.69) is 19.9 Å². The summed E-state index contributed by atoms with van der Waals surface area (Å²) in [5.41, 5.74) is -0.778. The molecule has 12 heteroatoms. The van der Waals surface area contributed by atoms with Crippen molar-refractivity contribution in [2.45, 2.75) is 51.6 Å². The molecule has 1 saturated carbocycles. The zero-order valence-corrected chi connectivity index (χ0v) is 20.0. The molecule has 0 atom stereocenters. The van der Waals surface area contributed by atoms with Gasteiger partial charge < -0.3 is 15.0 Å². The molecule has 0 aliphatic heterocycles. The highest BCUT2D eigenvalue weighted by atomic mass is 32.1. The third-order valence-electron chi connectivity index (χ3n) is 5.37. The quantitative estimate of drug-likeness (QED) is 0.363. The molecule has 194 valence electrons. The molecular weight excluding hydrogens is 496 g/mol. The molecule has 1 aliphatic rings. The molecule has 1 aromatic heterocycles. The van der Waals surface area contributed by atoms with Crippen LogP contribution < -0.4 is 10.1 Å². The number of aromatic nitrogens is 1. The fraction of sp³-hybridized carbons (Fsp3) is 0.565. The smallest absolute Gasteiger partial charge is 0.406 e. The van der Waals surface area contributed by atoms with Gasteiger partial charge in [0.25, 0.3) is 5.91 Å². The molecule has 1 aromatic carbocycles. The molecule has 0 bridgehead atoms. The van der Waals surface area contributed by atoms with E-state index >= 15 is 0 Å². The van der Waals surface area contributed by atoms with Crippen molar-refractivity contribution in [3.63, 3.8) is 0 Å². The van der Waals surface area contributed by atoms with Crippen LogP contribution in [-0.4, -0.2) is 48.3 Å². The minimum Gasteiger partial charge on any atom is -0.406 e. The number of carbonyl (C=O) groups is 1. The first-order valence-corrected chi connectivity index (χ1v) is 12.2. The van der Waals surface area contributed by atoms with Gasteiger partial charge in [0, 0.05) is 26.1 Å². The van der Waals surface area contributed by atoms with E-state index in [4.69, 9.17) is 0 Å². The van der Waals surface area contributed by atoms with E-state index in [1.54, 1.807) is 0 Å². The summed E-state index contributed by atoms with van der Waals surface area (Å²) in [6.45, 7) is 4.34. The van der Waals surface area contributed by atoms with Gasteiger partial charge in [-0.25, -0.2) is 4.98 Å². The predicted molar refractivity (Wildman–Crippen MR) is 119 cm³/mol. The van der Waals surface area contributed by atoms with Gasteiger partial charge in [-0.05, 0) is 55.8 Å². The van der Waals surface area contributed by atoms with E-state index in [-0.39, 0.29) is 18.0 Å². The Hall–Kier alpha value is -2.34. The Morgan fingerprint density at radius 2 is 1.91 bits per heavy atom. The van der Waals surface area contributed by atoms with Crippen molar-refractivity contribution in [3.05, 3.63) is 45.4 Å². The summed E-state index contributed by atoms with van der Waals surface area (Å²) >= 11 is 0.729. The zero-order chi connectivity index (χ0) is 25.6. The highest BCUT2D eigenvalue weighted by molar-refractivity contribution is 7.13. The monoisotopic (exact) mass is 523 g/mol. The summed E-state index contributed by atoms with van der Waals surface area (Å²) in [4.78, 5) is 18.0. The Bertz CT molecular complexity index is 988. The summed E-state index contributed by atoms with van der Waals surface area (Å²) < 4.78 is 81.6. The summed E-state index contributed by atoms with van der Waals surface area (Å²) in [6, 6.07) is 5.19. The normalized spacial score (nSPS) is 14.4. The molecule has 3 rings (SSSR count). The number of halogens is 6. The van der Waals surface area contributed by atoms with Crippen LogP contribution in [0.4, 0.5) is 26.3 Å². The third kappa shape index (κ3) is 8.99. The van der Waals surface area contributed by atoms with E-state index in [9.17, 15) is 31.1 Å². The molecule has 0 spiro atoms. The number of hydrogen-bond donors (Lipinski definition) is 1. The van der Waals surface area contributed by atoms with Crippen LogP contribution in [0.3, 0.4) is 0 Å². The van der Waals surface area contributed by atoms with Gasteiger partial charge in [-0.2, -0.15) is 13.2 Å². The molecule has 0 saturated heterocycles. The zero-order valence-electron chi connectivity index (χ0n) is 19.1. The van der Waals surface area contributed by atoms with E-state index in [1.165, 1.54) is 25.0 Å². The number of rotatable bonds is 12. The number of thiazole rings is 1. The van der Waals surface area contributed by atoms with Crippen molar-refractivity contribution in [1.29, 1.82) is 0 Å². The van der Waals surface area contributed by atoms with Crippen molar-refractivity contribution >= 4 is 17.2 Å². The van der Waals surface area contributed by atoms with Crippen molar-refractivity contribution in [1.82, 2.24) is 15.2 Å². The maximum absolute atomic E-state index is 13.5. The molecule has 1 heterocycles. The number of nitrogens with zero attached hydrogens (tertiary/aromatic N) is 2. The number of nitrogens with one attached hydrogen (secondary N) is 1. The lowest BCUT2D eigenvalue weighted by Crippen LogP contribution is -2.29. The van der Waals surface area contributed by atoms with Crippen molar-refractivity contribution < 1.29 is 35.9 Å². The van der Waals surface area contributed by atoms with Gasteiger partial charge in [-0.1, -0.05) is 19.1 Å². The Morgan fingerprint density at radius 1 is 1.17 bits per heavy atom. The van der Waals surface area contributed by atoms with Gasteiger partial charge in [0.15, 0.2) is 5.69 Å². The van der Waals surface area contributed by atoms with E-state index < -0.39 is 34.8 Å². The number of ether oxygens (including phenoxy) is 1. The number of benzene rings is 1. The summed E-state index contributed by atoms with van der Waals surface area (Å²) in [5.74, 6) is -0.663. The fourth-order valence-electron chi connectivity index (χ4n) is 3.65. The molecule has 2 aromatic rings. The Balaban J connectivity index is 1.60. The van der Waals surface area contributed by atoms with Crippen molar-refractivity contribution in [2.24, 2.45) is 5.92 Å². The van der Waals surface area contributed by atoms with Crippen LogP contribution >= 0.6 is 11.3 Å². The van der Waals surface area contributed by atoms with Crippen LogP contribution in [0.1, 0.15) is 52.1 Å². The van der Waals surface area contributed by atoms with Crippen LogP contribution in [0.15, 0.2) is 24.3 Å².